The maximum Gasteiger partial charge on any atom is 0.337 e. The van der Waals surface area contributed by atoms with Crippen molar-refractivity contribution in [3.05, 3.63) is 65.0 Å². The number of halogens is 1. The molecule has 1 saturated carbocycles. The summed E-state index contributed by atoms with van der Waals surface area (Å²) in [7, 11) is 1.31. The minimum atomic E-state index is -0.457. The second kappa shape index (κ2) is 6.43. The van der Waals surface area contributed by atoms with E-state index in [0.717, 1.165) is 5.56 Å². The molecule has 1 aliphatic carbocycles. The normalized spacial score (nSPS) is 18.8. The van der Waals surface area contributed by atoms with Crippen LogP contribution in [0.1, 0.15) is 33.8 Å². The quantitative estimate of drug-likeness (QED) is 0.872. The van der Waals surface area contributed by atoms with Crippen LogP contribution in [0.2, 0.25) is 0 Å². The molecule has 1 aliphatic rings. The van der Waals surface area contributed by atoms with Crippen molar-refractivity contribution in [2.24, 2.45) is 5.92 Å². The molecule has 0 aliphatic heterocycles. The summed E-state index contributed by atoms with van der Waals surface area (Å²) < 4.78 is 18.5. The van der Waals surface area contributed by atoms with Crippen LogP contribution in [0.5, 0.6) is 0 Å². The van der Waals surface area contributed by atoms with Gasteiger partial charge in [-0.05, 0) is 48.6 Å². The lowest BCUT2D eigenvalue weighted by atomic mass is 10.1. The summed E-state index contributed by atoms with van der Waals surface area (Å²) in [6.45, 7) is 1.85. The Morgan fingerprint density at radius 2 is 1.96 bits per heavy atom. The molecule has 1 amide bonds. The fourth-order valence-corrected chi connectivity index (χ4v) is 2.83. The zero-order valence-corrected chi connectivity index (χ0v) is 13.5. The molecule has 0 aromatic heterocycles. The molecule has 5 heteroatoms. The van der Waals surface area contributed by atoms with Crippen LogP contribution in [0.3, 0.4) is 0 Å². The van der Waals surface area contributed by atoms with Crippen LogP contribution >= 0.6 is 0 Å². The van der Waals surface area contributed by atoms with E-state index in [1.54, 1.807) is 36.4 Å². The van der Waals surface area contributed by atoms with Crippen molar-refractivity contribution < 1.29 is 18.7 Å². The minimum absolute atomic E-state index is 0.0877. The highest BCUT2D eigenvalue weighted by Crippen LogP contribution is 2.48. The standard InChI is InChI=1S/C19H18FNO3/c1-11-7-8-12(19(23)24-2)9-17(11)21-18(22)15-10-14(15)13-5-3-4-6-16(13)20/h3-9,14-15H,10H2,1-2H3,(H,21,22). The number of nitrogens with one attached hydrogen (secondary N) is 1. The zero-order chi connectivity index (χ0) is 17.3. The van der Waals surface area contributed by atoms with Gasteiger partial charge in [0.25, 0.3) is 0 Å². The second-order valence-electron chi connectivity index (χ2n) is 5.98. The van der Waals surface area contributed by atoms with Gasteiger partial charge in [0.15, 0.2) is 0 Å². The van der Waals surface area contributed by atoms with E-state index in [9.17, 15) is 14.0 Å². The molecule has 2 unspecified atom stereocenters. The first-order valence-corrected chi connectivity index (χ1v) is 7.75. The molecule has 1 N–H and O–H groups in total. The number of hydrogen-bond acceptors (Lipinski definition) is 3. The first-order valence-electron chi connectivity index (χ1n) is 7.75. The van der Waals surface area contributed by atoms with Gasteiger partial charge in [0, 0.05) is 11.6 Å². The molecule has 2 aromatic carbocycles. The van der Waals surface area contributed by atoms with Crippen LogP contribution in [0.15, 0.2) is 42.5 Å². The summed E-state index contributed by atoms with van der Waals surface area (Å²) in [5, 5.41) is 2.84. The van der Waals surface area contributed by atoms with Crippen molar-refractivity contribution in [3.63, 3.8) is 0 Å². The van der Waals surface area contributed by atoms with Crippen molar-refractivity contribution in [2.45, 2.75) is 19.3 Å². The summed E-state index contributed by atoms with van der Waals surface area (Å²) in [4.78, 5) is 24.0. The summed E-state index contributed by atoms with van der Waals surface area (Å²) >= 11 is 0. The Balaban J connectivity index is 1.72. The average molecular weight is 327 g/mol. The number of esters is 1. The molecular weight excluding hydrogens is 309 g/mol. The Bertz CT molecular complexity index is 803. The Hall–Kier alpha value is -2.69. The van der Waals surface area contributed by atoms with Crippen LogP contribution < -0.4 is 5.32 Å². The third kappa shape index (κ3) is 3.15. The Morgan fingerprint density at radius 3 is 2.67 bits per heavy atom. The Morgan fingerprint density at radius 1 is 1.21 bits per heavy atom. The smallest absolute Gasteiger partial charge is 0.337 e. The first-order chi connectivity index (χ1) is 11.5. The highest BCUT2D eigenvalue weighted by molar-refractivity contribution is 5.98. The lowest BCUT2D eigenvalue weighted by Gasteiger charge is -2.10. The Kier molecular flexibility index (Phi) is 4.34. The van der Waals surface area contributed by atoms with Gasteiger partial charge in [-0.2, -0.15) is 0 Å². The van der Waals surface area contributed by atoms with Crippen molar-refractivity contribution >= 4 is 17.6 Å². The van der Waals surface area contributed by atoms with Gasteiger partial charge in [-0.25, -0.2) is 9.18 Å². The molecule has 2 aromatic rings. The number of rotatable bonds is 4. The third-order valence-electron chi connectivity index (χ3n) is 4.35. The van der Waals surface area contributed by atoms with Gasteiger partial charge in [-0.1, -0.05) is 24.3 Å². The number of anilines is 1. The molecular formula is C19H18FNO3. The highest BCUT2D eigenvalue weighted by Gasteiger charge is 2.45. The largest absolute Gasteiger partial charge is 0.465 e. The molecule has 24 heavy (non-hydrogen) atoms. The van der Waals surface area contributed by atoms with Crippen LogP contribution in [-0.2, 0) is 9.53 Å². The molecule has 0 saturated heterocycles. The van der Waals surface area contributed by atoms with Crippen LogP contribution in [0.4, 0.5) is 10.1 Å². The SMILES string of the molecule is COC(=O)c1ccc(C)c(NC(=O)C2CC2c2ccccc2F)c1. The molecule has 0 spiro atoms. The van der Waals surface area contributed by atoms with Gasteiger partial charge in [0.1, 0.15) is 5.82 Å². The maximum atomic E-state index is 13.8. The predicted molar refractivity (Wildman–Crippen MR) is 88.4 cm³/mol. The van der Waals surface area contributed by atoms with Gasteiger partial charge < -0.3 is 10.1 Å². The van der Waals surface area contributed by atoms with E-state index in [-0.39, 0.29) is 23.6 Å². The van der Waals surface area contributed by atoms with E-state index in [1.165, 1.54) is 13.2 Å². The van der Waals surface area contributed by atoms with E-state index in [2.05, 4.69) is 5.32 Å². The number of ether oxygens (including phenoxy) is 1. The lowest BCUT2D eigenvalue weighted by molar-refractivity contribution is -0.117. The van der Waals surface area contributed by atoms with Gasteiger partial charge in [0.2, 0.25) is 5.91 Å². The Labute approximate surface area is 139 Å². The molecule has 2 atom stereocenters. The first kappa shape index (κ1) is 16.2. The number of hydrogen-bond donors (Lipinski definition) is 1. The minimum Gasteiger partial charge on any atom is -0.465 e. The molecule has 1 fully saturated rings. The fourth-order valence-electron chi connectivity index (χ4n) is 2.83. The van der Waals surface area contributed by atoms with Crippen molar-refractivity contribution in [2.75, 3.05) is 12.4 Å². The summed E-state index contributed by atoms with van der Waals surface area (Å²) in [6, 6.07) is 11.5. The predicted octanol–water partition coefficient (Wildman–Crippen LogP) is 3.66. The monoisotopic (exact) mass is 327 g/mol. The summed E-state index contributed by atoms with van der Waals surface area (Å²) in [5.74, 6) is -1.23. The van der Waals surface area contributed by atoms with E-state index in [0.29, 0.717) is 23.2 Å². The summed E-state index contributed by atoms with van der Waals surface area (Å²) in [6.07, 6.45) is 0.627. The topological polar surface area (TPSA) is 55.4 Å². The molecule has 0 radical (unpaired) electrons. The maximum absolute atomic E-state index is 13.8. The molecule has 124 valence electrons. The van der Waals surface area contributed by atoms with E-state index in [1.807, 2.05) is 6.92 Å². The average Bonchev–Trinajstić information content (AvgIpc) is 3.37. The van der Waals surface area contributed by atoms with Crippen LogP contribution in [0.25, 0.3) is 0 Å². The number of aryl methyl sites for hydroxylation is 1. The number of carbonyl (C=O) groups is 2. The number of amides is 1. The molecule has 4 nitrogen and oxygen atoms in total. The van der Waals surface area contributed by atoms with E-state index >= 15 is 0 Å². The fraction of sp³-hybridized carbons (Fsp3) is 0.263. The van der Waals surface area contributed by atoms with Crippen LogP contribution in [0, 0.1) is 18.7 Å². The molecule has 3 rings (SSSR count). The van der Waals surface area contributed by atoms with Gasteiger partial charge >= 0.3 is 5.97 Å². The number of carbonyl (C=O) groups excluding carboxylic acids is 2. The third-order valence-corrected chi connectivity index (χ3v) is 4.35. The van der Waals surface area contributed by atoms with Crippen LogP contribution in [-0.4, -0.2) is 19.0 Å². The highest BCUT2D eigenvalue weighted by atomic mass is 19.1. The van der Waals surface area contributed by atoms with Gasteiger partial charge in [-0.15, -0.1) is 0 Å². The van der Waals surface area contributed by atoms with Crippen molar-refractivity contribution in [1.82, 2.24) is 0 Å². The van der Waals surface area contributed by atoms with Crippen molar-refractivity contribution in [1.29, 1.82) is 0 Å². The van der Waals surface area contributed by atoms with E-state index in [4.69, 9.17) is 4.74 Å². The number of benzene rings is 2. The number of methoxy groups -OCH3 is 1. The van der Waals surface area contributed by atoms with Gasteiger partial charge in [0.05, 0.1) is 12.7 Å². The molecule has 0 bridgehead atoms. The van der Waals surface area contributed by atoms with E-state index < -0.39 is 5.97 Å². The van der Waals surface area contributed by atoms with Crippen molar-refractivity contribution in [3.8, 4) is 0 Å². The summed E-state index contributed by atoms with van der Waals surface area (Å²) in [5.41, 5.74) is 2.37. The lowest BCUT2D eigenvalue weighted by Crippen LogP contribution is -2.16. The molecule has 0 heterocycles. The zero-order valence-electron chi connectivity index (χ0n) is 13.5. The van der Waals surface area contributed by atoms with Gasteiger partial charge in [-0.3, -0.25) is 4.79 Å². The second-order valence-corrected chi connectivity index (χ2v) is 5.98.